The largest absolute Gasteiger partial charge is 0.480 e. The molecule has 116 valence electrons. The van der Waals surface area contributed by atoms with E-state index in [-0.39, 0.29) is 19.1 Å². The molecule has 21 heavy (non-hydrogen) atoms. The number of rotatable bonds is 7. The van der Waals surface area contributed by atoms with Crippen LogP contribution in [0.25, 0.3) is 0 Å². The number of carbonyl (C=O) groups excluding carboxylic acids is 1. The average Bonchev–Trinajstić information content (AvgIpc) is 2.44. The van der Waals surface area contributed by atoms with Gasteiger partial charge in [-0.2, -0.15) is 0 Å². The highest BCUT2D eigenvalue weighted by atomic mass is 79.9. The summed E-state index contributed by atoms with van der Waals surface area (Å²) >= 11 is 3.35. The Hall–Kier alpha value is -1.60. The number of carboxylic acids is 1. The lowest BCUT2D eigenvalue weighted by molar-refractivity contribution is -0.137. The van der Waals surface area contributed by atoms with Crippen LogP contribution in [0.15, 0.2) is 28.7 Å². The van der Waals surface area contributed by atoms with Crippen LogP contribution in [0.2, 0.25) is 0 Å². The minimum absolute atomic E-state index is 0.242. The van der Waals surface area contributed by atoms with Crippen LogP contribution < -0.4 is 0 Å². The quantitative estimate of drug-likeness (QED) is 0.809. The number of urea groups is 1. The number of ether oxygens (including phenoxy) is 1. The number of aliphatic carboxylic acids is 1. The molecule has 0 saturated carbocycles. The number of amides is 2. The highest BCUT2D eigenvalue weighted by molar-refractivity contribution is 9.10. The molecular formula is C14H19BrN2O4. The third-order valence-electron chi connectivity index (χ3n) is 2.82. The predicted octanol–water partition coefficient (Wildman–Crippen LogP) is 2.03. The zero-order valence-electron chi connectivity index (χ0n) is 12.1. The highest BCUT2D eigenvalue weighted by Crippen LogP contribution is 2.12. The van der Waals surface area contributed by atoms with Crippen molar-refractivity contribution in [1.29, 1.82) is 0 Å². The molecule has 1 aromatic rings. The van der Waals surface area contributed by atoms with Crippen molar-refractivity contribution in [1.82, 2.24) is 9.80 Å². The molecule has 1 rings (SSSR count). The number of halogens is 1. The molecule has 0 saturated heterocycles. The minimum atomic E-state index is -1.04. The second-order valence-corrected chi connectivity index (χ2v) is 5.49. The van der Waals surface area contributed by atoms with E-state index in [4.69, 9.17) is 9.84 Å². The summed E-state index contributed by atoms with van der Waals surface area (Å²) < 4.78 is 5.87. The lowest BCUT2D eigenvalue weighted by atomic mass is 10.2. The summed E-state index contributed by atoms with van der Waals surface area (Å²) in [5.74, 6) is -1.04. The average molecular weight is 359 g/mol. The van der Waals surface area contributed by atoms with Crippen LogP contribution in [0.4, 0.5) is 4.79 Å². The number of hydrogen-bond acceptors (Lipinski definition) is 3. The molecule has 2 amide bonds. The normalized spacial score (nSPS) is 10.2. The van der Waals surface area contributed by atoms with Crippen molar-refractivity contribution in [2.75, 3.05) is 33.9 Å². The van der Waals surface area contributed by atoms with Crippen LogP contribution in [0.3, 0.4) is 0 Å². The second kappa shape index (κ2) is 8.63. The Bertz CT molecular complexity index is 478. The van der Waals surface area contributed by atoms with Gasteiger partial charge in [0, 0.05) is 31.7 Å². The van der Waals surface area contributed by atoms with Crippen LogP contribution in [-0.4, -0.2) is 60.8 Å². The first-order chi connectivity index (χ1) is 9.93. The molecule has 1 aromatic carbocycles. The maximum absolute atomic E-state index is 12.3. The van der Waals surface area contributed by atoms with E-state index in [9.17, 15) is 9.59 Å². The van der Waals surface area contributed by atoms with E-state index in [1.54, 1.807) is 7.05 Å². The van der Waals surface area contributed by atoms with E-state index in [0.717, 1.165) is 10.0 Å². The SMILES string of the molecule is COCCN(CC(=O)O)C(=O)N(C)Cc1ccc(Br)cc1. The highest BCUT2D eigenvalue weighted by Gasteiger charge is 2.20. The van der Waals surface area contributed by atoms with Gasteiger partial charge in [-0.1, -0.05) is 28.1 Å². The van der Waals surface area contributed by atoms with Gasteiger partial charge >= 0.3 is 12.0 Å². The maximum atomic E-state index is 12.3. The van der Waals surface area contributed by atoms with Crippen LogP contribution in [0.1, 0.15) is 5.56 Å². The van der Waals surface area contributed by atoms with E-state index in [1.165, 1.54) is 16.9 Å². The summed E-state index contributed by atoms with van der Waals surface area (Å²) in [6.07, 6.45) is 0. The summed E-state index contributed by atoms with van der Waals surface area (Å²) in [5, 5.41) is 8.88. The van der Waals surface area contributed by atoms with Gasteiger partial charge < -0.3 is 19.6 Å². The fraction of sp³-hybridized carbons (Fsp3) is 0.429. The number of benzene rings is 1. The van der Waals surface area contributed by atoms with Crippen molar-refractivity contribution in [3.05, 3.63) is 34.3 Å². The van der Waals surface area contributed by atoms with Crippen LogP contribution in [-0.2, 0) is 16.1 Å². The van der Waals surface area contributed by atoms with Gasteiger partial charge in [0.1, 0.15) is 6.54 Å². The first kappa shape index (κ1) is 17.5. The van der Waals surface area contributed by atoms with Crippen molar-refractivity contribution in [3.8, 4) is 0 Å². The van der Waals surface area contributed by atoms with E-state index in [0.29, 0.717) is 13.2 Å². The molecule has 6 nitrogen and oxygen atoms in total. The predicted molar refractivity (Wildman–Crippen MR) is 82.1 cm³/mol. The van der Waals surface area contributed by atoms with Gasteiger partial charge in [-0.05, 0) is 17.7 Å². The Labute approximate surface area is 132 Å². The van der Waals surface area contributed by atoms with Gasteiger partial charge in [-0.25, -0.2) is 4.79 Å². The van der Waals surface area contributed by atoms with E-state index in [2.05, 4.69) is 15.9 Å². The summed E-state index contributed by atoms with van der Waals surface area (Å²) in [6, 6.07) is 7.27. The Morgan fingerprint density at radius 2 is 1.90 bits per heavy atom. The Morgan fingerprint density at radius 1 is 1.29 bits per heavy atom. The Morgan fingerprint density at radius 3 is 2.43 bits per heavy atom. The number of methoxy groups -OCH3 is 1. The molecule has 0 radical (unpaired) electrons. The topological polar surface area (TPSA) is 70.1 Å². The molecule has 7 heteroatoms. The van der Waals surface area contributed by atoms with E-state index >= 15 is 0 Å². The standard InChI is InChI=1S/C14H19BrN2O4/c1-16(9-11-3-5-12(15)6-4-11)14(20)17(7-8-21-2)10-13(18)19/h3-6H,7-10H2,1-2H3,(H,18,19). The molecule has 0 atom stereocenters. The maximum Gasteiger partial charge on any atom is 0.323 e. The lowest BCUT2D eigenvalue weighted by Gasteiger charge is -2.27. The minimum Gasteiger partial charge on any atom is -0.480 e. The molecule has 1 N–H and O–H groups in total. The van der Waals surface area contributed by atoms with Crippen molar-refractivity contribution >= 4 is 27.9 Å². The number of carboxylic acid groups (broad SMARTS) is 1. The lowest BCUT2D eigenvalue weighted by Crippen LogP contribution is -2.44. The first-order valence-corrected chi connectivity index (χ1v) is 7.18. The molecule has 0 aliphatic carbocycles. The monoisotopic (exact) mass is 358 g/mol. The van der Waals surface area contributed by atoms with Crippen molar-refractivity contribution in [2.45, 2.75) is 6.54 Å². The summed E-state index contributed by atoms with van der Waals surface area (Å²) in [4.78, 5) is 25.9. The summed E-state index contributed by atoms with van der Waals surface area (Å²) in [7, 11) is 3.15. The molecular weight excluding hydrogens is 340 g/mol. The van der Waals surface area contributed by atoms with Gasteiger partial charge in [0.05, 0.1) is 6.61 Å². The molecule has 0 bridgehead atoms. The zero-order valence-corrected chi connectivity index (χ0v) is 13.7. The Kier molecular flexibility index (Phi) is 7.18. The molecule has 0 aliphatic rings. The number of carbonyl (C=O) groups is 2. The third kappa shape index (κ3) is 6.14. The van der Waals surface area contributed by atoms with Gasteiger partial charge in [0.2, 0.25) is 0 Å². The third-order valence-corrected chi connectivity index (χ3v) is 3.35. The van der Waals surface area contributed by atoms with Crippen molar-refractivity contribution in [3.63, 3.8) is 0 Å². The van der Waals surface area contributed by atoms with Gasteiger partial charge in [-0.3, -0.25) is 4.79 Å². The Balaban J connectivity index is 2.67. The van der Waals surface area contributed by atoms with Crippen LogP contribution in [0.5, 0.6) is 0 Å². The fourth-order valence-corrected chi connectivity index (χ4v) is 2.04. The molecule has 0 aliphatic heterocycles. The summed E-state index contributed by atoms with van der Waals surface area (Å²) in [5.41, 5.74) is 0.969. The number of nitrogens with zero attached hydrogens (tertiary/aromatic N) is 2. The van der Waals surface area contributed by atoms with Crippen LogP contribution in [0, 0.1) is 0 Å². The fourth-order valence-electron chi connectivity index (χ4n) is 1.78. The molecule has 0 heterocycles. The molecule has 0 spiro atoms. The van der Waals surface area contributed by atoms with Crippen molar-refractivity contribution < 1.29 is 19.4 Å². The van der Waals surface area contributed by atoms with Crippen LogP contribution >= 0.6 is 15.9 Å². The van der Waals surface area contributed by atoms with E-state index < -0.39 is 5.97 Å². The number of hydrogen-bond donors (Lipinski definition) is 1. The van der Waals surface area contributed by atoms with Crippen molar-refractivity contribution in [2.24, 2.45) is 0 Å². The zero-order chi connectivity index (χ0) is 15.8. The second-order valence-electron chi connectivity index (χ2n) is 4.57. The summed E-state index contributed by atoms with van der Waals surface area (Å²) in [6.45, 7) is 0.611. The molecule has 0 unspecified atom stereocenters. The van der Waals surface area contributed by atoms with Gasteiger partial charge in [0.15, 0.2) is 0 Å². The van der Waals surface area contributed by atoms with E-state index in [1.807, 2.05) is 24.3 Å². The van der Waals surface area contributed by atoms with Gasteiger partial charge in [0.25, 0.3) is 0 Å². The molecule has 0 aromatic heterocycles. The van der Waals surface area contributed by atoms with Gasteiger partial charge in [-0.15, -0.1) is 0 Å². The first-order valence-electron chi connectivity index (χ1n) is 6.39. The molecule has 0 fully saturated rings. The smallest absolute Gasteiger partial charge is 0.323 e.